The van der Waals surface area contributed by atoms with Crippen LogP contribution in [0, 0.1) is 22.2 Å². The second kappa shape index (κ2) is 8.26. The Kier molecular flexibility index (Phi) is 7.08. The van der Waals surface area contributed by atoms with Crippen LogP contribution in [0.15, 0.2) is 12.7 Å². The number of rotatable bonds is 6. The van der Waals surface area contributed by atoms with Gasteiger partial charge in [-0.15, -0.1) is 6.58 Å². The topological polar surface area (TPSA) is 26.3 Å². The minimum absolute atomic E-state index is 0.0323. The molecule has 29 heavy (non-hydrogen) atoms. The maximum absolute atomic E-state index is 13.6. The highest BCUT2D eigenvalue weighted by molar-refractivity contribution is 6.74. The van der Waals surface area contributed by atoms with Gasteiger partial charge in [0.1, 0.15) is 5.78 Å². The molecule has 0 saturated heterocycles. The highest BCUT2D eigenvalue weighted by atomic mass is 28.4. The molecule has 0 N–H and O–H groups in total. The van der Waals surface area contributed by atoms with E-state index in [9.17, 15) is 4.79 Å². The van der Waals surface area contributed by atoms with E-state index in [1.165, 1.54) is 0 Å². The molecule has 0 heterocycles. The largest absolute Gasteiger partial charge is 0.413 e. The molecule has 0 aromatic rings. The number of hydrogen-bond acceptors (Lipinski definition) is 2. The molecular formula is C26H48O2Si. The first kappa shape index (κ1) is 24.9. The Morgan fingerprint density at radius 2 is 1.76 bits per heavy atom. The molecule has 2 saturated carbocycles. The second-order valence-corrected chi connectivity index (χ2v) is 17.6. The molecule has 0 aliphatic heterocycles. The van der Waals surface area contributed by atoms with Crippen LogP contribution in [0.25, 0.3) is 0 Å². The van der Waals surface area contributed by atoms with Crippen molar-refractivity contribution in [3.05, 3.63) is 12.7 Å². The zero-order valence-electron chi connectivity index (χ0n) is 20.9. The molecule has 0 radical (unpaired) electrons. The molecule has 0 aromatic carbocycles. The fourth-order valence-corrected chi connectivity index (χ4v) is 7.33. The van der Waals surface area contributed by atoms with Gasteiger partial charge < -0.3 is 4.43 Å². The molecule has 2 aliphatic carbocycles. The number of ketones is 1. The molecule has 3 heteroatoms. The van der Waals surface area contributed by atoms with Gasteiger partial charge in [0.15, 0.2) is 8.32 Å². The van der Waals surface area contributed by atoms with Gasteiger partial charge >= 0.3 is 0 Å². The van der Waals surface area contributed by atoms with Gasteiger partial charge in [-0.25, -0.2) is 0 Å². The number of allylic oxidation sites excluding steroid dienone is 1. The van der Waals surface area contributed by atoms with E-state index >= 15 is 0 Å². The van der Waals surface area contributed by atoms with Crippen LogP contribution >= 0.6 is 0 Å². The van der Waals surface area contributed by atoms with Crippen LogP contribution in [0.3, 0.4) is 0 Å². The fourth-order valence-electron chi connectivity index (χ4n) is 5.85. The molecule has 2 aliphatic rings. The number of hydrogen-bond donors (Lipinski definition) is 0. The number of carbonyl (C=O) groups excluding carboxylic acids is 1. The Morgan fingerprint density at radius 3 is 2.31 bits per heavy atom. The molecular weight excluding hydrogens is 372 g/mol. The van der Waals surface area contributed by atoms with Crippen LogP contribution in [0.1, 0.15) is 99.8 Å². The summed E-state index contributed by atoms with van der Waals surface area (Å²) in [7, 11) is -1.84. The molecule has 1 unspecified atom stereocenters. The second-order valence-electron chi connectivity index (χ2n) is 12.8. The third kappa shape index (κ3) is 4.92. The third-order valence-corrected chi connectivity index (χ3v) is 13.6. The van der Waals surface area contributed by atoms with Gasteiger partial charge in [-0.05, 0) is 79.8 Å². The number of fused-ring (bicyclic) bond motifs is 1. The minimum Gasteiger partial charge on any atom is -0.413 e. The molecule has 0 amide bonds. The van der Waals surface area contributed by atoms with Gasteiger partial charge in [-0.3, -0.25) is 4.79 Å². The van der Waals surface area contributed by atoms with Crippen LogP contribution in [-0.4, -0.2) is 20.2 Å². The van der Waals surface area contributed by atoms with Gasteiger partial charge in [-0.2, -0.15) is 0 Å². The standard InChI is InChI=1S/C26H48O2Si/c1-11-12-13-16-25(7)17-14-20-24(5,6)22(28-29(9,10)23(2,3)4)15-18-26(20,8)21(27)19-25/h11,20,22H,1,12-19H2,2-10H3/t20?,22-,25-,26-/m0/s1. The Balaban J connectivity index is 2.27. The van der Waals surface area contributed by atoms with Crippen LogP contribution in [-0.2, 0) is 9.22 Å². The zero-order valence-corrected chi connectivity index (χ0v) is 21.9. The average Bonchev–Trinajstić information content (AvgIpc) is 2.65. The van der Waals surface area contributed by atoms with E-state index < -0.39 is 8.32 Å². The Bertz CT molecular complexity index is 615. The van der Waals surface area contributed by atoms with Gasteiger partial charge in [0.05, 0.1) is 6.10 Å². The smallest absolute Gasteiger partial charge is 0.192 e. The van der Waals surface area contributed by atoms with Gasteiger partial charge in [-0.1, -0.05) is 54.5 Å². The van der Waals surface area contributed by atoms with Crippen LogP contribution in [0.4, 0.5) is 0 Å². The molecule has 0 bridgehead atoms. The van der Waals surface area contributed by atoms with Crippen LogP contribution in [0.2, 0.25) is 18.1 Å². The summed E-state index contributed by atoms with van der Waals surface area (Å²) in [5.74, 6) is 0.923. The summed E-state index contributed by atoms with van der Waals surface area (Å²) < 4.78 is 6.98. The molecule has 2 fully saturated rings. The summed E-state index contributed by atoms with van der Waals surface area (Å²) in [6.45, 7) is 25.0. The van der Waals surface area contributed by atoms with E-state index in [-0.39, 0.29) is 27.4 Å². The first-order valence-corrected chi connectivity index (χ1v) is 14.8. The maximum Gasteiger partial charge on any atom is 0.192 e. The first-order chi connectivity index (χ1) is 13.1. The van der Waals surface area contributed by atoms with Gasteiger partial charge in [0.25, 0.3) is 0 Å². The van der Waals surface area contributed by atoms with Crippen molar-refractivity contribution in [1.82, 2.24) is 0 Å². The highest BCUT2D eigenvalue weighted by Gasteiger charge is 2.58. The quantitative estimate of drug-likeness (QED) is 0.248. The predicted molar refractivity (Wildman–Crippen MR) is 128 cm³/mol. The summed E-state index contributed by atoms with van der Waals surface area (Å²) in [4.78, 5) is 13.6. The number of Topliss-reactive ketones (excluding diaryl/α,β-unsaturated/α-hetero) is 1. The normalized spacial score (nSPS) is 35.7. The van der Waals surface area contributed by atoms with Crippen molar-refractivity contribution in [2.24, 2.45) is 22.2 Å². The Morgan fingerprint density at radius 1 is 1.14 bits per heavy atom. The van der Waals surface area contributed by atoms with Crippen molar-refractivity contribution in [3.63, 3.8) is 0 Å². The Hall–Kier alpha value is -0.413. The van der Waals surface area contributed by atoms with E-state index in [0.717, 1.165) is 51.4 Å². The lowest BCUT2D eigenvalue weighted by molar-refractivity contribution is -0.145. The maximum atomic E-state index is 13.6. The lowest BCUT2D eigenvalue weighted by Gasteiger charge is -2.55. The molecule has 2 rings (SSSR count). The third-order valence-electron chi connectivity index (χ3n) is 9.12. The highest BCUT2D eigenvalue weighted by Crippen LogP contribution is 2.59. The van der Waals surface area contributed by atoms with Crippen molar-refractivity contribution in [2.75, 3.05) is 0 Å². The van der Waals surface area contributed by atoms with E-state index in [2.05, 4.69) is 68.1 Å². The minimum atomic E-state index is -1.84. The molecule has 0 aromatic heterocycles. The van der Waals surface area contributed by atoms with E-state index in [4.69, 9.17) is 4.43 Å². The summed E-state index contributed by atoms with van der Waals surface area (Å²) in [6.07, 6.45) is 10.7. The van der Waals surface area contributed by atoms with E-state index in [1.807, 2.05) is 6.08 Å². The molecule has 4 atom stereocenters. The molecule has 2 nitrogen and oxygen atoms in total. The Labute approximate surface area is 182 Å². The monoisotopic (exact) mass is 420 g/mol. The lowest BCUT2D eigenvalue weighted by Crippen LogP contribution is -2.56. The van der Waals surface area contributed by atoms with Gasteiger partial charge in [0.2, 0.25) is 0 Å². The first-order valence-electron chi connectivity index (χ1n) is 11.9. The van der Waals surface area contributed by atoms with Gasteiger partial charge in [0, 0.05) is 11.8 Å². The summed E-state index contributed by atoms with van der Waals surface area (Å²) in [6, 6.07) is 0. The van der Waals surface area contributed by atoms with E-state index in [1.54, 1.807) is 0 Å². The molecule has 168 valence electrons. The van der Waals surface area contributed by atoms with Crippen molar-refractivity contribution in [3.8, 4) is 0 Å². The number of carbonyl (C=O) groups is 1. The SMILES string of the molecule is C=CCCC[C@@]1(C)CCC2C(C)(C)[C@@H](O[Si](C)(C)C(C)(C)C)CC[C@]2(C)C(=O)C1. The zero-order chi connectivity index (χ0) is 22.3. The fraction of sp³-hybridized carbons (Fsp3) is 0.885. The van der Waals surface area contributed by atoms with Crippen molar-refractivity contribution < 1.29 is 9.22 Å². The molecule has 0 spiro atoms. The van der Waals surface area contributed by atoms with Crippen LogP contribution < -0.4 is 0 Å². The van der Waals surface area contributed by atoms with Crippen molar-refractivity contribution >= 4 is 14.1 Å². The summed E-state index contributed by atoms with van der Waals surface area (Å²) in [5.41, 5.74) is -0.0101. The van der Waals surface area contributed by atoms with Crippen molar-refractivity contribution in [1.29, 1.82) is 0 Å². The average molecular weight is 421 g/mol. The predicted octanol–water partition coefficient (Wildman–Crippen LogP) is 7.93. The van der Waals surface area contributed by atoms with Crippen molar-refractivity contribution in [2.45, 2.75) is 124 Å². The van der Waals surface area contributed by atoms with Crippen LogP contribution in [0.5, 0.6) is 0 Å². The summed E-state index contributed by atoms with van der Waals surface area (Å²) in [5, 5.41) is 0.215. The van der Waals surface area contributed by atoms with E-state index in [0.29, 0.717) is 11.7 Å². The summed E-state index contributed by atoms with van der Waals surface area (Å²) >= 11 is 0. The number of unbranched alkanes of at least 4 members (excludes halogenated alkanes) is 1. The lowest BCUT2D eigenvalue weighted by atomic mass is 9.53.